The van der Waals surface area contributed by atoms with Crippen molar-refractivity contribution in [1.82, 2.24) is 30.3 Å². The van der Waals surface area contributed by atoms with Crippen molar-refractivity contribution in [3.8, 4) is 0 Å². The maximum Gasteiger partial charge on any atom is 0.316 e. The average molecular weight is 268 g/mol. The molecular weight excluding hydrogens is 244 g/mol. The Balaban J connectivity index is 2.23. The highest BCUT2D eigenvalue weighted by atomic mass is 16.2. The Morgan fingerprint density at radius 2 is 2.16 bits per heavy atom. The summed E-state index contributed by atoms with van der Waals surface area (Å²) in [6.07, 6.45) is 1.58. The number of nitrogens with one attached hydrogen (secondary N) is 2. The van der Waals surface area contributed by atoms with Gasteiger partial charge in [0.05, 0.1) is 6.54 Å². The Morgan fingerprint density at radius 1 is 1.42 bits per heavy atom. The second-order valence-corrected chi connectivity index (χ2v) is 5.06. The van der Waals surface area contributed by atoms with E-state index in [0.29, 0.717) is 25.6 Å². The summed E-state index contributed by atoms with van der Waals surface area (Å²) >= 11 is 0. The summed E-state index contributed by atoms with van der Waals surface area (Å²) in [4.78, 5) is 17.0. The van der Waals surface area contributed by atoms with Crippen molar-refractivity contribution in [3.05, 3.63) is 12.2 Å². The zero-order chi connectivity index (χ0) is 14.3. The molecule has 0 unspecified atom stereocenters. The summed E-state index contributed by atoms with van der Waals surface area (Å²) in [5.41, 5.74) is 0. The van der Waals surface area contributed by atoms with Crippen LogP contribution in [0, 0.1) is 5.92 Å². The van der Waals surface area contributed by atoms with Crippen LogP contribution in [0.2, 0.25) is 0 Å². The minimum Gasteiger partial charge on any atom is -0.337 e. The van der Waals surface area contributed by atoms with E-state index in [1.165, 1.54) is 4.90 Å². The molecule has 0 bridgehead atoms. The van der Waals surface area contributed by atoms with Crippen LogP contribution in [0.15, 0.2) is 6.33 Å². The third-order valence-corrected chi connectivity index (χ3v) is 2.50. The maximum atomic E-state index is 11.3. The van der Waals surface area contributed by atoms with E-state index in [-0.39, 0.29) is 6.03 Å². The summed E-state index contributed by atoms with van der Waals surface area (Å²) in [7, 11) is 3.44. The lowest BCUT2D eigenvalue weighted by Crippen LogP contribution is -2.38. The number of hydrogen-bond donors (Lipinski definition) is 2. The number of carbonyl (C=O) groups is 1. The van der Waals surface area contributed by atoms with Crippen LogP contribution >= 0.6 is 0 Å². The molecule has 0 atom stereocenters. The van der Waals surface area contributed by atoms with E-state index in [2.05, 4.69) is 34.6 Å². The van der Waals surface area contributed by atoms with Crippen molar-refractivity contribution < 1.29 is 4.79 Å². The molecule has 1 aromatic heterocycles. The van der Waals surface area contributed by atoms with E-state index in [4.69, 9.17) is 0 Å². The van der Waals surface area contributed by atoms with E-state index in [1.54, 1.807) is 20.4 Å². The van der Waals surface area contributed by atoms with Gasteiger partial charge in [-0.1, -0.05) is 13.8 Å². The number of rotatable bonds is 7. The summed E-state index contributed by atoms with van der Waals surface area (Å²) in [6.45, 7) is 7.12. The number of urea groups is 1. The summed E-state index contributed by atoms with van der Waals surface area (Å²) in [5, 5.41) is 10.2. The number of carbonyl (C=O) groups excluding carboxylic acids is 1. The predicted octanol–water partition coefficient (Wildman–Crippen LogP) is 0.295. The summed E-state index contributed by atoms with van der Waals surface area (Å²) in [5.74, 6) is 1.47. The van der Waals surface area contributed by atoms with Crippen molar-refractivity contribution in [2.75, 3.05) is 27.2 Å². The predicted molar refractivity (Wildman–Crippen MR) is 73.7 cm³/mol. The average Bonchev–Trinajstić information content (AvgIpc) is 2.75. The molecule has 7 heteroatoms. The SMILES string of the molecule is CC(C)Cn1ncnc1CNCCNC(=O)N(C)C. The first kappa shape index (κ1) is 15.4. The van der Waals surface area contributed by atoms with Gasteiger partial charge in [-0.25, -0.2) is 14.5 Å². The molecule has 2 N–H and O–H groups in total. The lowest BCUT2D eigenvalue weighted by Gasteiger charge is -2.12. The Hall–Kier alpha value is -1.63. The van der Waals surface area contributed by atoms with Gasteiger partial charge in [-0.3, -0.25) is 0 Å². The Bertz CT molecular complexity index is 387. The lowest BCUT2D eigenvalue weighted by atomic mass is 10.2. The van der Waals surface area contributed by atoms with Crippen LogP contribution in [0.1, 0.15) is 19.7 Å². The standard InChI is InChI=1S/C12H24N6O/c1-10(2)8-18-11(15-9-16-18)7-13-5-6-14-12(19)17(3)4/h9-10,13H,5-8H2,1-4H3,(H,14,19). The molecule has 0 aliphatic rings. The number of nitrogens with zero attached hydrogens (tertiary/aromatic N) is 4. The fourth-order valence-electron chi connectivity index (χ4n) is 1.54. The molecule has 0 aromatic carbocycles. The Kier molecular flexibility index (Phi) is 6.27. The first-order valence-corrected chi connectivity index (χ1v) is 6.53. The van der Waals surface area contributed by atoms with E-state index in [0.717, 1.165) is 12.4 Å². The smallest absolute Gasteiger partial charge is 0.316 e. The van der Waals surface area contributed by atoms with Crippen LogP contribution in [0.5, 0.6) is 0 Å². The molecule has 0 radical (unpaired) electrons. The zero-order valence-electron chi connectivity index (χ0n) is 12.2. The zero-order valence-corrected chi connectivity index (χ0v) is 12.2. The van der Waals surface area contributed by atoms with Crippen LogP contribution in [0.3, 0.4) is 0 Å². The third kappa shape index (κ3) is 5.69. The molecule has 0 aliphatic heterocycles. The van der Waals surface area contributed by atoms with Gasteiger partial charge in [-0.05, 0) is 5.92 Å². The topological polar surface area (TPSA) is 75.1 Å². The van der Waals surface area contributed by atoms with Gasteiger partial charge in [0.2, 0.25) is 0 Å². The van der Waals surface area contributed by atoms with Crippen molar-refractivity contribution >= 4 is 6.03 Å². The quantitative estimate of drug-likeness (QED) is 0.697. The van der Waals surface area contributed by atoms with E-state index >= 15 is 0 Å². The van der Waals surface area contributed by atoms with Crippen LogP contribution in [-0.2, 0) is 13.1 Å². The second-order valence-electron chi connectivity index (χ2n) is 5.06. The molecule has 0 aliphatic carbocycles. The van der Waals surface area contributed by atoms with Gasteiger partial charge in [0.1, 0.15) is 12.2 Å². The fraction of sp³-hybridized carbons (Fsp3) is 0.750. The third-order valence-electron chi connectivity index (χ3n) is 2.50. The van der Waals surface area contributed by atoms with Crippen molar-refractivity contribution in [2.45, 2.75) is 26.9 Å². The Labute approximate surface area is 114 Å². The minimum atomic E-state index is -0.0789. The summed E-state index contributed by atoms with van der Waals surface area (Å²) < 4.78 is 1.91. The van der Waals surface area contributed by atoms with Crippen molar-refractivity contribution in [3.63, 3.8) is 0 Å². The lowest BCUT2D eigenvalue weighted by molar-refractivity contribution is 0.217. The molecule has 1 aromatic rings. The number of amides is 2. The molecule has 0 saturated heterocycles. The molecule has 1 heterocycles. The van der Waals surface area contributed by atoms with Crippen LogP contribution in [0.4, 0.5) is 4.79 Å². The number of aromatic nitrogens is 3. The highest BCUT2D eigenvalue weighted by molar-refractivity contribution is 5.73. The molecule has 19 heavy (non-hydrogen) atoms. The van der Waals surface area contributed by atoms with Gasteiger partial charge in [0.15, 0.2) is 0 Å². The van der Waals surface area contributed by atoms with E-state index < -0.39 is 0 Å². The maximum absolute atomic E-state index is 11.3. The van der Waals surface area contributed by atoms with Gasteiger partial charge >= 0.3 is 6.03 Å². The molecule has 0 saturated carbocycles. The highest BCUT2D eigenvalue weighted by Gasteiger charge is 2.05. The first-order valence-electron chi connectivity index (χ1n) is 6.53. The molecular formula is C12H24N6O. The molecule has 0 spiro atoms. The van der Waals surface area contributed by atoms with Gasteiger partial charge in [0.25, 0.3) is 0 Å². The highest BCUT2D eigenvalue weighted by Crippen LogP contribution is 2.00. The normalized spacial score (nSPS) is 10.8. The Morgan fingerprint density at radius 3 is 2.79 bits per heavy atom. The molecule has 1 rings (SSSR count). The van der Waals surface area contributed by atoms with Crippen LogP contribution in [0.25, 0.3) is 0 Å². The summed E-state index contributed by atoms with van der Waals surface area (Å²) in [6, 6.07) is -0.0789. The van der Waals surface area contributed by atoms with Gasteiger partial charge in [0, 0.05) is 33.7 Å². The van der Waals surface area contributed by atoms with Crippen molar-refractivity contribution in [2.24, 2.45) is 5.92 Å². The molecule has 108 valence electrons. The van der Waals surface area contributed by atoms with Crippen molar-refractivity contribution in [1.29, 1.82) is 0 Å². The van der Waals surface area contributed by atoms with E-state index in [9.17, 15) is 4.79 Å². The van der Waals surface area contributed by atoms with Gasteiger partial charge in [-0.2, -0.15) is 5.10 Å². The van der Waals surface area contributed by atoms with Gasteiger partial charge < -0.3 is 15.5 Å². The molecule has 7 nitrogen and oxygen atoms in total. The fourth-order valence-corrected chi connectivity index (χ4v) is 1.54. The second kappa shape index (κ2) is 7.73. The molecule has 0 fully saturated rings. The largest absolute Gasteiger partial charge is 0.337 e. The van der Waals surface area contributed by atoms with Gasteiger partial charge in [-0.15, -0.1) is 0 Å². The van der Waals surface area contributed by atoms with Crippen LogP contribution < -0.4 is 10.6 Å². The van der Waals surface area contributed by atoms with E-state index in [1.807, 2.05) is 4.68 Å². The monoisotopic (exact) mass is 268 g/mol. The first-order chi connectivity index (χ1) is 9.00. The minimum absolute atomic E-state index is 0.0789. The molecule has 2 amide bonds. The number of hydrogen-bond acceptors (Lipinski definition) is 4. The van der Waals surface area contributed by atoms with Crippen LogP contribution in [-0.4, -0.2) is 52.9 Å².